The highest BCUT2D eigenvalue weighted by Gasteiger charge is 2.18. The minimum atomic E-state index is -0.434. The van der Waals surface area contributed by atoms with E-state index in [1.807, 2.05) is 4.90 Å². The monoisotopic (exact) mass is 255 g/mol. The number of nitrogens with zero attached hydrogens (tertiary/aromatic N) is 2. The fraction of sp³-hybridized carbons (Fsp3) is 0.500. The average Bonchev–Trinajstić information content (AvgIpc) is 2.72. The van der Waals surface area contributed by atoms with Gasteiger partial charge < -0.3 is 15.0 Å². The maximum absolute atomic E-state index is 11.3. The number of esters is 1. The normalized spacial score (nSPS) is 16.3. The van der Waals surface area contributed by atoms with E-state index in [1.165, 1.54) is 18.4 Å². The van der Waals surface area contributed by atoms with Gasteiger partial charge in [-0.05, 0) is 0 Å². The molecule has 0 aliphatic carbocycles. The molecule has 1 aromatic heterocycles. The van der Waals surface area contributed by atoms with Gasteiger partial charge in [0, 0.05) is 31.4 Å². The van der Waals surface area contributed by atoms with Gasteiger partial charge in [-0.3, -0.25) is 4.79 Å². The molecule has 1 aromatic rings. The topological polar surface area (TPSA) is 71.5 Å². The Balaban J connectivity index is 2.08. The van der Waals surface area contributed by atoms with Crippen LogP contribution in [0.5, 0.6) is 0 Å². The Kier molecular flexibility index (Phi) is 3.58. The maximum Gasteiger partial charge on any atom is 0.357 e. The van der Waals surface area contributed by atoms with E-state index in [2.05, 4.69) is 15.0 Å². The second-order valence-corrected chi connectivity index (χ2v) is 4.43. The van der Waals surface area contributed by atoms with Gasteiger partial charge >= 0.3 is 5.97 Å². The smallest absolute Gasteiger partial charge is 0.357 e. The molecule has 0 aromatic carbocycles. The molecule has 1 aliphatic heterocycles. The third kappa shape index (κ3) is 2.73. The third-order valence-electron chi connectivity index (χ3n) is 2.47. The van der Waals surface area contributed by atoms with Crippen molar-refractivity contribution in [2.45, 2.75) is 6.42 Å². The highest BCUT2D eigenvalue weighted by Crippen LogP contribution is 2.21. The summed E-state index contributed by atoms with van der Waals surface area (Å²) in [7, 11) is 1.33. The molecular weight excluding hydrogens is 242 g/mol. The number of carbonyl (C=O) groups excluding carboxylic acids is 2. The van der Waals surface area contributed by atoms with Crippen molar-refractivity contribution >= 4 is 28.3 Å². The fourth-order valence-electron chi connectivity index (χ4n) is 1.57. The minimum absolute atomic E-state index is 0.0530. The van der Waals surface area contributed by atoms with Crippen LogP contribution in [0.4, 0.5) is 5.13 Å². The Hall–Kier alpha value is -1.63. The van der Waals surface area contributed by atoms with E-state index >= 15 is 0 Å². The van der Waals surface area contributed by atoms with E-state index in [4.69, 9.17) is 0 Å². The highest BCUT2D eigenvalue weighted by atomic mass is 32.1. The molecule has 2 rings (SSSR count). The largest absolute Gasteiger partial charge is 0.464 e. The number of amides is 1. The molecule has 1 amide bonds. The van der Waals surface area contributed by atoms with Crippen molar-refractivity contribution in [3.05, 3.63) is 11.1 Å². The van der Waals surface area contributed by atoms with Crippen LogP contribution in [0, 0.1) is 0 Å². The van der Waals surface area contributed by atoms with Crippen LogP contribution in [0.3, 0.4) is 0 Å². The van der Waals surface area contributed by atoms with Crippen LogP contribution < -0.4 is 10.2 Å². The summed E-state index contributed by atoms with van der Waals surface area (Å²) in [6.07, 6.45) is 0.452. The zero-order chi connectivity index (χ0) is 12.3. The second kappa shape index (κ2) is 5.13. The summed E-state index contributed by atoms with van der Waals surface area (Å²) in [6, 6.07) is 0. The van der Waals surface area contributed by atoms with E-state index < -0.39 is 5.97 Å². The molecule has 6 nitrogen and oxygen atoms in total. The molecule has 0 radical (unpaired) electrons. The molecule has 1 aliphatic rings. The molecule has 1 fully saturated rings. The first-order chi connectivity index (χ1) is 8.20. The van der Waals surface area contributed by atoms with Crippen molar-refractivity contribution in [3.63, 3.8) is 0 Å². The Bertz CT molecular complexity index is 432. The number of aromatic nitrogens is 1. The molecule has 0 atom stereocenters. The van der Waals surface area contributed by atoms with Gasteiger partial charge in [0.25, 0.3) is 0 Å². The quantitative estimate of drug-likeness (QED) is 0.767. The molecule has 1 saturated heterocycles. The zero-order valence-corrected chi connectivity index (χ0v) is 10.2. The van der Waals surface area contributed by atoms with E-state index in [9.17, 15) is 9.59 Å². The number of hydrogen-bond acceptors (Lipinski definition) is 6. The standard InChI is InChI=1S/C10H13N3O3S/c1-16-9(15)7-6-17-10(12-7)13-4-2-8(14)11-3-5-13/h6H,2-5H2,1H3,(H,11,14). The van der Waals surface area contributed by atoms with Crippen molar-refractivity contribution in [2.24, 2.45) is 0 Å². The van der Waals surface area contributed by atoms with Crippen molar-refractivity contribution < 1.29 is 14.3 Å². The van der Waals surface area contributed by atoms with Gasteiger partial charge in [0.15, 0.2) is 10.8 Å². The molecule has 0 unspecified atom stereocenters. The first kappa shape index (κ1) is 11.8. The lowest BCUT2D eigenvalue weighted by molar-refractivity contribution is -0.120. The van der Waals surface area contributed by atoms with E-state index in [0.29, 0.717) is 31.7 Å². The number of hydrogen-bond donors (Lipinski definition) is 1. The minimum Gasteiger partial charge on any atom is -0.464 e. The lowest BCUT2D eigenvalue weighted by Crippen LogP contribution is -2.28. The van der Waals surface area contributed by atoms with Crippen LogP contribution in [0.1, 0.15) is 16.9 Å². The van der Waals surface area contributed by atoms with Gasteiger partial charge in [0.2, 0.25) is 5.91 Å². The predicted molar refractivity (Wildman–Crippen MR) is 63.3 cm³/mol. The Morgan fingerprint density at radius 3 is 3.18 bits per heavy atom. The van der Waals surface area contributed by atoms with Gasteiger partial charge in [-0.25, -0.2) is 9.78 Å². The SMILES string of the molecule is COC(=O)c1csc(N2CCNC(=O)CC2)n1. The number of anilines is 1. The highest BCUT2D eigenvalue weighted by molar-refractivity contribution is 7.13. The van der Waals surface area contributed by atoms with Crippen molar-refractivity contribution in [3.8, 4) is 0 Å². The third-order valence-corrected chi connectivity index (χ3v) is 3.37. The molecule has 2 heterocycles. The lowest BCUT2D eigenvalue weighted by atomic mass is 10.4. The van der Waals surface area contributed by atoms with Crippen LogP contribution in [0.2, 0.25) is 0 Å². The molecule has 0 saturated carbocycles. The Labute approximate surface area is 103 Å². The second-order valence-electron chi connectivity index (χ2n) is 3.59. The van der Waals surface area contributed by atoms with Gasteiger partial charge in [-0.2, -0.15) is 0 Å². The number of carbonyl (C=O) groups is 2. The van der Waals surface area contributed by atoms with E-state index in [-0.39, 0.29) is 5.91 Å². The fourth-order valence-corrected chi connectivity index (χ4v) is 2.41. The molecule has 17 heavy (non-hydrogen) atoms. The van der Waals surface area contributed by atoms with Gasteiger partial charge in [-0.15, -0.1) is 11.3 Å². The summed E-state index contributed by atoms with van der Waals surface area (Å²) in [6.45, 7) is 1.94. The summed E-state index contributed by atoms with van der Waals surface area (Å²) in [5, 5.41) is 5.21. The van der Waals surface area contributed by atoms with Crippen molar-refractivity contribution in [1.82, 2.24) is 10.3 Å². The zero-order valence-electron chi connectivity index (χ0n) is 9.43. The maximum atomic E-state index is 11.3. The van der Waals surface area contributed by atoms with Gasteiger partial charge in [-0.1, -0.05) is 0 Å². The van der Waals surface area contributed by atoms with E-state index in [0.717, 1.165) is 5.13 Å². The first-order valence-electron chi connectivity index (χ1n) is 5.26. The summed E-state index contributed by atoms with van der Waals surface area (Å²) in [5.41, 5.74) is 0.316. The number of rotatable bonds is 2. The van der Waals surface area contributed by atoms with Crippen LogP contribution in [0.25, 0.3) is 0 Å². The van der Waals surface area contributed by atoms with Crippen LogP contribution in [-0.2, 0) is 9.53 Å². The molecule has 7 heteroatoms. The molecule has 92 valence electrons. The number of methoxy groups -OCH3 is 1. The summed E-state index contributed by atoms with van der Waals surface area (Å²) in [5.74, 6) is -0.381. The number of ether oxygens (including phenoxy) is 1. The van der Waals surface area contributed by atoms with Crippen LogP contribution >= 0.6 is 11.3 Å². The van der Waals surface area contributed by atoms with Crippen molar-refractivity contribution in [2.75, 3.05) is 31.6 Å². The van der Waals surface area contributed by atoms with E-state index in [1.54, 1.807) is 5.38 Å². The molecular formula is C10H13N3O3S. The Morgan fingerprint density at radius 2 is 2.41 bits per heavy atom. The lowest BCUT2D eigenvalue weighted by Gasteiger charge is -2.17. The molecule has 1 N–H and O–H groups in total. The van der Waals surface area contributed by atoms with Crippen LogP contribution in [0.15, 0.2) is 5.38 Å². The van der Waals surface area contributed by atoms with Gasteiger partial charge in [0.1, 0.15) is 0 Å². The number of thiazole rings is 1. The van der Waals surface area contributed by atoms with Crippen molar-refractivity contribution in [1.29, 1.82) is 0 Å². The Morgan fingerprint density at radius 1 is 1.59 bits per heavy atom. The predicted octanol–water partition coefficient (Wildman–Crippen LogP) is 0.256. The van der Waals surface area contributed by atoms with Crippen LogP contribution in [-0.4, -0.2) is 43.6 Å². The summed E-state index contributed by atoms with van der Waals surface area (Å²) >= 11 is 1.39. The number of nitrogens with one attached hydrogen (secondary N) is 1. The summed E-state index contributed by atoms with van der Waals surface area (Å²) < 4.78 is 4.60. The summed E-state index contributed by atoms with van der Waals surface area (Å²) in [4.78, 5) is 28.7. The molecule has 0 spiro atoms. The van der Waals surface area contributed by atoms with Gasteiger partial charge in [0.05, 0.1) is 7.11 Å². The average molecular weight is 255 g/mol. The first-order valence-corrected chi connectivity index (χ1v) is 6.14. The molecule has 0 bridgehead atoms.